The van der Waals surface area contributed by atoms with Gasteiger partial charge in [0.15, 0.2) is 0 Å². The molecule has 1 rings (SSSR count). The van der Waals surface area contributed by atoms with Crippen molar-refractivity contribution in [1.29, 1.82) is 0 Å². The lowest BCUT2D eigenvalue weighted by Gasteiger charge is -2.06. The summed E-state index contributed by atoms with van der Waals surface area (Å²) in [7, 11) is 0. The number of hydrogen-bond acceptors (Lipinski definition) is 1. The van der Waals surface area contributed by atoms with E-state index in [0.29, 0.717) is 0 Å². The molecule has 0 spiro atoms. The van der Waals surface area contributed by atoms with Gasteiger partial charge in [0.1, 0.15) is 0 Å². The second-order valence-corrected chi connectivity index (χ2v) is 4.67. The maximum Gasteiger partial charge on any atom is 0.0497 e. The molecule has 0 radical (unpaired) electrons. The Morgan fingerprint density at radius 3 is 3.00 bits per heavy atom. The molecule has 0 aliphatic carbocycles. The largest absolute Gasteiger partial charge is 0.381 e. The zero-order valence-corrected chi connectivity index (χ0v) is 11.1. The van der Waals surface area contributed by atoms with E-state index in [-0.39, 0.29) is 0 Å². The summed E-state index contributed by atoms with van der Waals surface area (Å²) in [4.78, 5) is 0. The maximum absolute atomic E-state index is 3.49. The average molecular weight is 352 g/mol. The molecule has 0 fully saturated rings. The Bertz CT molecular complexity index is 310. The molecule has 0 heterocycles. The van der Waals surface area contributed by atoms with Crippen molar-refractivity contribution in [2.45, 2.75) is 6.92 Å². The minimum absolute atomic E-state index is 0.870. The van der Waals surface area contributed by atoms with Crippen LogP contribution < -0.4 is 5.32 Å². The quantitative estimate of drug-likeness (QED) is 0.640. The second kappa shape index (κ2) is 5.65. The number of nitrogens with one attached hydrogen (secondary N) is 1. The van der Waals surface area contributed by atoms with Crippen molar-refractivity contribution in [3.63, 3.8) is 0 Å². The predicted octanol–water partition coefficient (Wildman–Crippen LogP) is 4.04. The van der Waals surface area contributed by atoms with Gasteiger partial charge >= 0.3 is 0 Å². The lowest BCUT2D eigenvalue weighted by Crippen LogP contribution is -1.98. The van der Waals surface area contributed by atoms with Gasteiger partial charge in [-0.05, 0) is 63.6 Å². The van der Waals surface area contributed by atoms with Crippen molar-refractivity contribution in [2.24, 2.45) is 0 Å². The molecule has 0 aliphatic heterocycles. The molecule has 0 aliphatic rings. The van der Waals surface area contributed by atoms with Crippen molar-refractivity contribution in [3.05, 3.63) is 38.4 Å². The number of anilines is 1. The van der Waals surface area contributed by atoms with E-state index >= 15 is 0 Å². The number of rotatable bonds is 3. The van der Waals surface area contributed by atoms with Crippen molar-refractivity contribution in [3.8, 4) is 0 Å². The molecule has 1 aromatic rings. The minimum atomic E-state index is 0.870. The lowest BCUT2D eigenvalue weighted by atomic mass is 10.3. The first-order chi connectivity index (χ1) is 6.24. The van der Waals surface area contributed by atoms with Crippen molar-refractivity contribution >= 4 is 44.2 Å². The summed E-state index contributed by atoms with van der Waals surface area (Å²) in [5.41, 5.74) is 1.14. The molecular formula is C10H11BrIN. The zero-order valence-electron chi connectivity index (χ0n) is 7.35. The molecule has 0 unspecified atom stereocenters. The van der Waals surface area contributed by atoms with Crippen molar-refractivity contribution < 1.29 is 0 Å². The number of allylic oxidation sites excluding steroid dienone is 1. The Balaban J connectivity index is 2.69. The van der Waals surface area contributed by atoms with E-state index in [1.54, 1.807) is 0 Å². The van der Waals surface area contributed by atoms with Gasteiger partial charge in [0, 0.05) is 20.3 Å². The fourth-order valence-electron chi connectivity index (χ4n) is 0.920. The molecule has 1 aromatic carbocycles. The van der Waals surface area contributed by atoms with E-state index in [1.165, 1.54) is 3.57 Å². The summed E-state index contributed by atoms with van der Waals surface area (Å²) in [6.45, 7) is 2.89. The van der Waals surface area contributed by atoms with Crippen LogP contribution >= 0.6 is 38.5 Å². The lowest BCUT2D eigenvalue weighted by molar-refractivity contribution is 1.31. The van der Waals surface area contributed by atoms with E-state index in [0.717, 1.165) is 16.7 Å². The van der Waals surface area contributed by atoms with E-state index in [2.05, 4.69) is 68.1 Å². The molecule has 1 N–H and O–H groups in total. The summed E-state index contributed by atoms with van der Waals surface area (Å²) in [5.74, 6) is 0. The smallest absolute Gasteiger partial charge is 0.0497 e. The second-order valence-electron chi connectivity index (χ2n) is 2.57. The monoisotopic (exact) mass is 351 g/mol. The van der Waals surface area contributed by atoms with Gasteiger partial charge in [0.2, 0.25) is 0 Å². The van der Waals surface area contributed by atoms with Crippen molar-refractivity contribution in [1.82, 2.24) is 0 Å². The summed E-state index contributed by atoms with van der Waals surface area (Å²) in [6, 6.07) is 6.25. The van der Waals surface area contributed by atoms with E-state index in [4.69, 9.17) is 0 Å². The maximum atomic E-state index is 3.49. The van der Waals surface area contributed by atoms with Gasteiger partial charge < -0.3 is 5.32 Å². The highest BCUT2D eigenvalue weighted by Gasteiger charge is 1.97. The molecular weight excluding hydrogens is 341 g/mol. The first-order valence-electron chi connectivity index (χ1n) is 4.04. The van der Waals surface area contributed by atoms with E-state index in [1.807, 2.05) is 13.0 Å². The van der Waals surface area contributed by atoms with Crippen LogP contribution in [-0.4, -0.2) is 6.54 Å². The third-order valence-corrected chi connectivity index (χ3v) is 2.94. The summed E-state index contributed by atoms with van der Waals surface area (Å²) >= 11 is 5.80. The Kier molecular flexibility index (Phi) is 4.80. The van der Waals surface area contributed by atoms with Gasteiger partial charge in [-0.2, -0.15) is 0 Å². The fraction of sp³-hybridized carbons (Fsp3) is 0.200. The van der Waals surface area contributed by atoms with Crippen LogP contribution in [-0.2, 0) is 0 Å². The van der Waals surface area contributed by atoms with Crippen LogP contribution in [0.25, 0.3) is 0 Å². The Morgan fingerprint density at radius 1 is 1.54 bits per heavy atom. The van der Waals surface area contributed by atoms with Crippen LogP contribution in [0.15, 0.2) is 34.8 Å². The Morgan fingerprint density at radius 2 is 2.31 bits per heavy atom. The van der Waals surface area contributed by atoms with Crippen LogP contribution in [0.1, 0.15) is 6.92 Å². The standard InChI is InChI=1S/C10H11BrIN/c1-2-3-6-13-10-7-8(12)4-5-9(10)11/h2-5,7,13H,6H2,1H3/b3-2+. The van der Waals surface area contributed by atoms with Crippen molar-refractivity contribution in [2.75, 3.05) is 11.9 Å². The normalized spacial score (nSPS) is 10.7. The first kappa shape index (κ1) is 11.0. The highest BCUT2D eigenvalue weighted by molar-refractivity contribution is 14.1. The van der Waals surface area contributed by atoms with Crippen LogP contribution in [0.5, 0.6) is 0 Å². The van der Waals surface area contributed by atoms with Gasteiger partial charge in [-0.15, -0.1) is 0 Å². The zero-order chi connectivity index (χ0) is 9.68. The van der Waals surface area contributed by atoms with Gasteiger partial charge in [0.05, 0.1) is 0 Å². The van der Waals surface area contributed by atoms with Crippen LogP contribution in [0.4, 0.5) is 5.69 Å². The Hall–Kier alpha value is -0.0300. The van der Waals surface area contributed by atoms with Gasteiger partial charge in [0.25, 0.3) is 0 Å². The molecule has 13 heavy (non-hydrogen) atoms. The number of benzene rings is 1. The van der Waals surface area contributed by atoms with E-state index in [9.17, 15) is 0 Å². The Labute approximate surface area is 101 Å². The molecule has 0 saturated carbocycles. The average Bonchev–Trinajstić information content (AvgIpc) is 2.11. The molecule has 0 atom stereocenters. The van der Waals surface area contributed by atoms with Gasteiger partial charge in [-0.1, -0.05) is 12.2 Å². The number of halogens is 2. The summed E-state index contributed by atoms with van der Waals surface area (Å²) in [5, 5.41) is 3.32. The molecule has 70 valence electrons. The van der Waals surface area contributed by atoms with E-state index < -0.39 is 0 Å². The molecule has 0 bridgehead atoms. The SMILES string of the molecule is C/C=C/CNc1cc(I)ccc1Br. The predicted molar refractivity (Wildman–Crippen MR) is 70.2 cm³/mol. The third-order valence-electron chi connectivity index (χ3n) is 1.57. The highest BCUT2D eigenvalue weighted by Crippen LogP contribution is 2.23. The highest BCUT2D eigenvalue weighted by atomic mass is 127. The topological polar surface area (TPSA) is 12.0 Å². The molecule has 3 heteroatoms. The first-order valence-corrected chi connectivity index (χ1v) is 5.91. The third kappa shape index (κ3) is 3.68. The minimum Gasteiger partial charge on any atom is -0.381 e. The van der Waals surface area contributed by atoms with Gasteiger partial charge in [-0.3, -0.25) is 0 Å². The summed E-state index contributed by atoms with van der Waals surface area (Å²) < 4.78 is 2.35. The van der Waals surface area contributed by atoms with Gasteiger partial charge in [-0.25, -0.2) is 0 Å². The fourth-order valence-corrected chi connectivity index (χ4v) is 1.80. The molecule has 0 amide bonds. The number of hydrogen-bond donors (Lipinski definition) is 1. The van der Waals surface area contributed by atoms with Crippen LogP contribution in [0.2, 0.25) is 0 Å². The van der Waals surface area contributed by atoms with Crippen LogP contribution in [0.3, 0.4) is 0 Å². The molecule has 0 saturated heterocycles. The van der Waals surface area contributed by atoms with Crippen LogP contribution in [0, 0.1) is 3.57 Å². The molecule has 1 nitrogen and oxygen atoms in total. The summed E-state index contributed by atoms with van der Waals surface area (Å²) in [6.07, 6.45) is 4.13. The molecule has 0 aromatic heterocycles.